The molecule has 0 heterocycles. The van der Waals surface area contributed by atoms with E-state index in [1.807, 2.05) is 0 Å². The normalized spacial score (nSPS) is 52.0. The number of rotatable bonds is 0. The second kappa shape index (κ2) is 2.22. The topological polar surface area (TPSA) is 80.9 Å². The Bertz CT molecular complexity index is 93.1. The van der Waals surface area contributed by atoms with Crippen LogP contribution in [0, 0.1) is 0 Å². The Hall–Kier alpha value is -0.160. The molecule has 0 saturated heterocycles. The molecule has 1 fully saturated rings. The van der Waals surface area contributed by atoms with Gasteiger partial charge in [-0.05, 0) is 0 Å². The number of hydrogen-bond acceptors (Lipinski definition) is 4. The maximum Gasteiger partial charge on any atom is 0.108 e. The Labute approximate surface area is 52.4 Å². The molecule has 0 radical (unpaired) electrons. The SMILES string of the molecule is O[C@H]1[C@H](O)[C@H](O)C[C@H]1O. The second-order valence-corrected chi connectivity index (χ2v) is 2.35. The van der Waals surface area contributed by atoms with Crippen molar-refractivity contribution in [2.24, 2.45) is 0 Å². The van der Waals surface area contributed by atoms with Gasteiger partial charge in [-0.25, -0.2) is 0 Å². The van der Waals surface area contributed by atoms with Gasteiger partial charge in [-0.3, -0.25) is 0 Å². The summed E-state index contributed by atoms with van der Waals surface area (Å²) in [6.45, 7) is 0. The van der Waals surface area contributed by atoms with Crippen LogP contribution in [0.5, 0.6) is 0 Å². The van der Waals surface area contributed by atoms with E-state index in [1.165, 1.54) is 0 Å². The number of hydrogen-bond donors (Lipinski definition) is 4. The Morgan fingerprint density at radius 3 is 1.22 bits per heavy atom. The molecule has 0 aromatic rings. The average molecular weight is 134 g/mol. The molecule has 4 atom stereocenters. The summed E-state index contributed by atoms with van der Waals surface area (Å²) in [6.07, 6.45) is -4.26. The summed E-state index contributed by atoms with van der Waals surface area (Å²) in [5.41, 5.74) is 0. The Morgan fingerprint density at radius 1 is 0.778 bits per heavy atom. The molecule has 0 amide bonds. The van der Waals surface area contributed by atoms with Gasteiger partial charge in [0.25, 0.3) is 0 Å². The first-order chi connectivity index (χ1) is 4.13. The molecule has 0 aliphatic heterocycles. The predicted octanol–water partition coefficient (Wildman–Crippen LogP) is -2.17. The largest absolute Gasteiger partial charge is 0.390 e. The van der Waals surface area contributed by atoms with E-state index in [-0.39, 0.29) is 6.42 Å². The molecule has 1 aliphatic carbocycles. The molecule has 9 heavy (non-hydrogen) atoms. The van der Waals surface area contributed by atoms with Gasteiger partial charge in [-0.1, -0.05) is 0 Å². The summed E-state index contributed by atoms with van der Waals surface area (Å²) in [4.78, 5) is 0. The lowest BCUT2D eigenvalue weighted by Crippen LogP contribution is -2.32. The van der Waals surface area contributed by atoms with Gasteiger partial charge < -0.3 is 20.4 Å². The van der Waals surface area contributed by atoms with Crippen LogP contribution in [0.15, 0.2) is 0 Å². The molecule has 54 valence electrons. The van der Waals surface area contributed by atoms with E-state index in [9.17, 15) is 0 Å². The molecule has 4 nitrogen and oxygen atoms in total. The van der Waals surface area contributed by atoms with Gasteiger partial charge in [0.15, 0.2) is 0 Å². The molecule has 0 bridgehead atoms. The highest BCUT2D eigenvalue weighted by Crippen LogP contribution is 2.19. The fourth-order valence-electron chi connectivity index (χ4n) is 0.981. The zero-order chi connectivity index (χ0) is 7.02. The maximum atomic E-state index is 8.78. The second-order valence-electron chi connectivity index (χ2n) is 2.35. The molecule has 1 saturated carbocycles. The highest BCUT2D eigenvalue weighted by atomic mass is 16.4. The van der Waals surface area contributed by atoms with Gasteiger partial charge in [-0.15, -0.1) is 0 Å². The highest BCUT2D eigenvalue weighted by molar-refractivity contribution is 4.90. The predicted molar refractivity (Wildman–Crippen MR) is 28.6 cm³/mol. The number of aliphatic hydroxyl groups excluding tert-OH is 4. The van der Waals surface area contributed by atoms with Crippen molar-refractivity contribution in [2.45, 2.75) is 30.8 Å². The van der Waals surface area contributed by atoms with Gasteiger partial charge >= 0.3 is 0 Å². The Morgan fingerprint density at radius 2 is 1.11 bits per heavy atom. The molecule has 4 N–H and O–H groups in total. The third-order valence-electron chi connectivity index (χ3n) is 1.62. The summed E-state index contributed by atoms with van der Waals surface area (Å²) < 4.78 is 0. The van der Waals surface area contributed by atoms with Gasteiger partial charge in [0.05, 0.1) is 12.2 Å². The summed E-state index contributed by atoms with van der Waals surface area (Å²) in [6, 6.07) is 0. The van der Waals surface area contributed by atoms with Crippen LogP contribution in [0.25, 0.3) is 0 Å². The smallest absolute Gasteiger partial charge is 0.108 e. The van der Waals surface area contributed by atoms with E-state index >= 15 is 0 Å². The number of aliphatic hydroxyl groups is 4. The van der Waals surface area contributed by atoms with Crippen LogP contribution in [0.3, 0.4) is 0 Å². The van der Waals surface area contributed by atoms with E-state index < -0.39 is 24.4 Å². The lowest BCUT2D eigenvalue weighted by molar-refractivity contribution is -0.0413. The lowest BCUT2D eigenvalue weighted by Gasteiger charge is -2.10. The van der Waals surface area contributed by atoms with E-state index in [0.717, 1.165) is 0 Å². The summed E-state index contributed by atoms with van der Waals surface area (Å²) in [5, 5.41) is 35.1. The molecular weight excluding hydrogens is 124 g/mol. The van der Waals surface area contributed by atoms with Crippen molar-refractivity contribution in [3.63, 3.8) is 0 Å². The maximum absolute atomic E-state index is 8.78. The van der Waals surface area contributed by atoms with Crippen LogP contribution in [0.2, 0.25) is 0 Å². The monoisotopic (exact) mass is 134 g/mol. The Balaban J connectivity index is 2.54. The third kappa shape index (κ3) is 1.07. The zero-order valence-electron chi connectivity index (χ0n) is 4.81. The first kappa shape index (κ1) is 6.95. The van der Waals surface area contributed by atoms with Crippen molar-refractivity contribution in [2.75, 3.05) is 0 Å². The van der Waals surface area contributed by atoms with Crippen LogP contribution < -0.4 is 0 Å². The molecular formula is C5H10O4. The van der Waals surface area contributed by atoms with Crippen molar-refractivity contribution in [1.82, 2.24) is 0 Å². The van der Waals surface area contributed by atoms with Gasteiger partial charge in [0, 0.05) is 6.42 Å². The van der Waals surface area contributed by atoms with E-state index in [2.05, 4.69) is 0 Å². The van der Waals surface area contributed by atoms with Gasteiger partial charge in [0.2, 0.25) is 0 Å². The van der Waals surface area contributed by atoms with Crippen molar-refractivity contribution < 1.29 is 20.4 Å². The molecule has 0 unspecified atom stereocenters. The minimum absolute atomic E-state index is 0.0579. The first-order valence-electron chi connectivity index (χ1n) is 2.85. The van der Waals surface area contributed by atoms with E-state index in [0.29, 0.717) is 0 Å². The summed E-state index contributed by atoms with van der Waals surface area (Å²) >= 11 is 0. The molecule has 0 spiro atoms. The highest BCUT2D eigenvalue weighted by Gasteiger charge is 2.39. The quantitative estimate of drug-likeness (QED) is 0.304. The van der Waals surface area contributed by atoms with Crippen molar-refractivity contribution in [3.05, 3.63) is 0 Å². The van der Waals surface area contributed by atoms with Crippen LogP contribution in [-0.4, -0.2) is 44.8 Å². The zero-order valence-corrected chi connectivity index (χ0v) is 4.81. The van der Waals surface area contributed by atoms with Crippen molar-refractivity contribution in [3.8, 4) is 0 Å². The molecule has 1 rings (SSSR count). The average Bonchev–Trinajstić information content (AvgIpc) is 1.98. The summed E-state index contributed by atoms with van der Waals surface area (Å²) in [7, 11) is 0. The van der Waals surface area contributed by atoms with Crippen molar-refractivity contribution in [1.29, 1.82) is 0 Å². The standard InChI is InChI=1S/C5H10O4/c6-2-1-3(7)5(9)4(2)8/h2-9H,1H2/t2-,3-,4-,5-/m1/s1. The third-order valence-corrected chi connectivity index (χ3v) is 1.62. The van der Waals surface area contributed by atoms with Crippen LogP contribution in [0.1, 0.15) is 6.42 Å². The molecule has 4 heteroatoms. The molecule has 1 aliphatic rings. The summed E-state index contributed by atoms with van der Waals surface area (Å²) in [5.74, 6) is 0. The minimum atomic E-state index is -1.18. The van der Waals surface area contributed by atoms with E-state index in [1.54, 1.807) is 0 Å². The van der Waals surface area contributed by atoms with Crippen molar-refractivity contribution >= 4 is 0 Å². The lowest BCUT2D eigenvalue weighted by atomic mass is 10.2. The molecule has 0 aromatic carbocycles. The van der Waals surface area contributed by atoms with E-state index in [4.69, 9.17) is 20.4 Å². The minimum Gasteiger partial charge on any atom is -0.390 e. The first-order valence-corrected chi connectivity index (χ1v) is 2.85. The van der Waals surface area contributed by atoms with Gasteiger partial charge in [-0.2, -0.15) is 0 Å². The van der Waals surface area contributed by atoms with Crippen LogP contribution in [0.4, 0.5) is 0 Å². The molecule has 0 aromatic heterocycles. The fraction of sp³-hybridized carbons (Fsp3) is 1.00. The van der Waals surface area contributed by atoms with Crippen LogP contribution >= 0.6 is 0 Å². The fourth-order valence-corrected chi connectivity index (χ4v) is 0.981. The van der Waals surface area contributed by atoms with Crippen LogP contribution in [-0.2, 0) is 0 Å². The Kier molecular flexibility index (Phi) is 1.72. The van der Waals surface area contributed by atoms with Gasteiger partial charge in [0.1, 0.15) is 12.2 Å².